The maximum absolute atomic E-state index is 10.4. The van der Waals surface area contributed by atoms with Crippen molar-refractivity contribution in [3.8, 4) is 11.4 Å². The minimum atomic E-state index is 0. The molecule has 1 aromatic rings. The Kier molecular flexibility index (Phi) is 3.62. The number of rotatable bonds is 2. The standard InChI is InChI=1S/C14H15N3O.ClH/c1-9(2)7-12-14-13(15-8-16-14)10-5-3-4-6-11(10)17(12)18;/h3-6,8-9,18H,7H2,1-2H3;1H. The molecule has 5 heteroatoms. The van der Waals surface area contributed by atoms with Gasteiger partial charge in [-0.25, -0.2) is 9.97 Å². The molecule has 0 spiro atoms. The van der Waals surface area contributed by atoms with E-state index in [1.807, 2.05) is 24.3 Å². The Balaban J connectivity index is 0.00000133. The Morgan fingerprint density at radius 2 is 1.84 bits per heavy atom. The molecule has 1 N–H and O–H groups in total. The van der Waals surface area contributed by atoms with Crippen LogP contribution in [0.25, 0.3) is 22.3 Å². The predicted molar refractivity (Wildman–Crippen MR) is 77.1 cm³/mol. The predicted octanol–water partition coefficient (Wildman–Crippen LogP) is 3.39. The number of pyridine rings is 1. The number of benzene rings is 1. The van der Waals surface area contributed by atoms with Gasteiger partial charge < -0.3 is 5.21 Å². The second kappa shape index (κ2) is 5.05. The van der Waals surface area contributed by atoms with Gasteiger partial charge in [0.2, 0.25) is 0 Å². The summed E-state index contributed by atoms with van der Waals surface area (Å²) >= 11 is 0. The molecule has 2 heterocycles. The van der Waals surface area contributed by atoms with Crippen molar-refractivity contribution in [2.45, 2.75) is 20.3 Å². The third kappa shape index (κ3) is 2.12. The van der Waals surface area contributed by atoms with Crippen molar-refractivity contribution < 1.29 is 5.21 Å². The SMILES string of the molecule is CC(C)Cc1c2ncnc-2c2ccccc2n1O.Cl. The number of imidazole rings is 1. The third-order valence-corrected chi connectivity index (χ3v) is 3.12. The lowest BCUT2D eigenvalue weighted by Gasteiger charge is -2.16. The fraction of sp³-hybridized carbons (Fsp3) is 0.286. The fourth-order valence-corrected chi connectivity index (χ4v) is 2.35. The Morgan fingerprint density at radius 1 is 1.16 bits per heavy atom. The van der Waals surface area contributed by atoms with E-state index < -0.39 is 0 Å². The van der Waals surface area contributed by atoms with Crippen LogP contribution in [0.1, 0.15) is 19.5 Å². The van der Waals surface area contributed by atoms with Crippen LogP contribution in [-0.2, 0) is 6.42 Å². The van der Waals surface area contributed by atoms with Crippen LogP contribution < -0.4 is 0 Å². The lowest BCUT2D eigenvalue weighted by molar-refractivity contribution is 0.186. The van der Waals surface area contributed by atoms with Crippen molar-refractivity contribution in [1.29, 1.82) is 0 Å². The van der Waals surface area contributed by atoms with Gasteiger partial charge >= 0.3 is 0 Å². The number of hydrogen-bond donors (Lipinski definition) is 1. The van der Waals surface area contributed by atoms with E-state index in [9.17, 15) is 5.21 Å². The van der Waals surface area contributed by atoms with Gasteiger partial charge in [-0.2, -0.15) is 4.73 Å². The highest BCUT2D eigenvalue weighted by molar-refractivity contribution is 5.93. The molecule has 100 valence electrons. The van der Waals surface area contributed by atoms with E-state index in [4.69, 9.17) is 0 Å². The van der Waals surface area contributed by atoms with E-state index in [2.05, 4.69) is 23.8 Å². The lowest BCUT2D eigenvalue weighted by atomic mass is 10.0. The number of fused-ring (bicyclic) bond motifs is 3. The molecule has 3 rings (SSSR count). The Bertz CT molecular complexity index is 678. The largest absolute Gasteiger partial charge is 0.428 e. The number of hydrogen-bond acceptors (Lipinski definition) is 3. The van der Waals surface area contributed by atoms with Crippen molar-refractivity contribution in [3.05, 3.63) is 36.3 Å². The van der Waals surface area contributed by atoms with Crippen LogP contribution in [0.5, 0.6) is 0 Å². The maximum atomic E-state index is 10.4. The zero-order valence-electron chi connectivity index (χ0n) is 10.9. The molecule has 0 aliphatic carbocycles. The maximum Gasteiger partial charge on any atom is 0.117 e. The highest BCUT2D eigenvalue weighted by Crippen LogP contribution is 2.31. The molecule has 0 unspecified atom stereocenters. The van der Waals surface area contributed by atoms with Gasteiger partial charge in [-0.3, -0.25) is 0 Å². The number of nitrogens with zero attached hydrogens (tertiary/aromatic N) is 3. The first-order chi connectivity index (χ1) is 8.68. The summed E-state index contributed by atoms with van der Waals surface area (Å²) in [5.74, 6) is 0.449. The van der Waals surface area contributed by atoms with E-state index in [-0.39, 0.29) is 12.4 Å². The molecule has 0 atom stereocenters. The van der Waals surface area contributed by atoms with E-state index in [0.29, 0.717) is 5.92 Å². The first-order valence-electron chi connectivity index (χ1n) is 6.10. The van der Waals surface area contributed by atoms with Gasteiger partial charge in [0.1, 0.15) is 17.7 Å². The van der Waals surface area contributed by atoms with Crippen LogP contribution in [0.15, 0.2) is 30.6 Å². The second-order valence-electron chi connectivity index (χ2n) is 4.94. The minimum absolute atomic E-state index is 0. The molecule has 4 nitrogen and oxygen atoms in total. The Labute approximate surface area is 117 Å². The monoisotopic (exact) mass is 277 g/mol. The molecule has 1 aromatic carbocycles. The molecule has 0 fully saturated rings. The van der Waals surface area contributed by atoms with Crippen molar-refractivity contribution >= 4 is 23.3 Å². The average molecular weight is 278 g/mol. The summed E-state index contributed by atoms with van der Waals surface area (Å²) in [7, 11) is 0. The molecule has 0 saturated heterocycles. The Morgan fingerprint density at radius 3 is 2.58 bits per heavy atom. The third-order valence-electron chi connectivity index (χ3n) is 3.12. The summed E-state index contributed by atoms with van der Waals surface area (Å²) in [6, 6.07) is 7.71. The van der Waals surface area contributed by atoms with E-state index in [1.54, 1.807) is 6.33 Å². The van der Waals surface area contributed by atoms with E-state index in [1.165, 1.54) is 4.73 Å². The first kappa shape index (κ1) is 13.6. The van der Waals surface area contributed by atoms with Crippen LogP contribution in [-0.4, -0.2) is 19.9 Å². The highest BCUT2D eigenvalue weighted by atomic mass is 35.5. The van der Waals surface area contributed by atoms with E-state index >= 15 is 0 Å². The van der Waals surface area contributed by atoms with Gasteiger partial charge in [0.05, 0.1) is 11.2 Å². The zero-order valence-corrected chi connectivity index (χ0v) is 11.7. The normalized spacial score (nSPS) is 11.1. The molecule has 0 amide bonds. The van der Waals surface area contributed by atoms with Gasteiger partial charge in [0.25, 0.3) is 0 Å². The van der Waals surface area contributed by atoms with Gasteiger partial charge in [-0.05, 0) is 18.4 Å². The van der Waals surface area contributed by atoms with Gasteiger partial charge in [-0.15, -0.1) is 12.4 Å². The summed E-state index contributed by atoms with van der Waals surface area (Å²) in [6.07, 6.45) is 2.33. The molecule has 2 aliphatic heterocycles. The van der Waals surface area contributed by atoms with Crippen molar-refractivity contribution in [2.75, 3.05) is 0 Å². The zero-order chi connectivity index (χ0) is 12.7. The average Bonchev–Trinajstić information content (AvgIpc) is 2.83. The van der Waals surface area contributed by atoms with Crippen LogP contribution in [0.3, 0.4) is 0 Å². The van der Waals surface area contributed by atoms with Gasteiger partial charge in [-0.1, -0.05) is 32.0 Å². The first-order valence-corrected chi connectivity index (χ1v) is 6.10. The quantitative estimate of drug-likeness (QED) is 0.731. The van der Waals surface area contributed by atoms with Gasteiger partial charge in [0, 0.05) is 5.39 Å². The molecule has 2 aliphatic rings. The van der Waals surface area contributed by atoms with Crippen molar-refractivity contribution in [1.82, 2.24) is 14.7 Å². The second-order valence-corrected chi connectivity index (χ2v) is 4.94. The topological polar surface area (TPSA) is 50.9 Å². The number of para-hydroxylation sites is 1. The molecule has 0 saturated carbocycles. The number of aromatic nitrogens is 3. The molecule has 0 bridgehead atoms. The van der Waals surface area contributed by atoms with Crippen LogP contribution in [0, 0.1) is 5.92 Å². The summed E-state index contributed by atoms with van der Waals surface area (Å²) < 4.78 is 1.26. The van der Waals surface area contributed by atoms with Crippen molar-refractivity contribution in [3.63, 3.8) is 0 Å². The van der Waals surface area contributed by atoms with Crippen molar-refractivity contribution in [2.24, 2.45) is 5.92 Å². The Hall–Kier alpha value is -1.81. The summed E-state index contributed by atoms with van der Waals surface area (Å²) in [5.41, 5.74) is 3.27. The van der Waals surface area contributed by atoms with Crippen LogP contribution in [0.4, 0.5) is 0 Å². The van der Waals surface area contributed by atoms with Gasteiger partial charge in [0.15, 0.2) is 0 Å². The summed E-state index contributed by atoms with van der Waals surface area (Å²) in [6.45, 7) is 4.24. The minimum Gasteiger partial charge on any atom is -0.428 e. The molecule has 0 radical (unpaired) electrons. The molecule has 0 aromatic heterocycles. The smallest absolute Gasteiger partial charge is 0.117 e. The summed E-state index contributed by atoms with van der Waals surface area (Å²) in [5, 5.41) is 11.3. The highest BCUT2D eigenvalue weighted by Gasteiger charge is 2.20. The lowest BCUT2D eigenvalue weighted by Crippen LogP contribution is -2.10. The molecular formula is C14H16ClN3O. The van der Waals surface area contributed by atoms with Crippen LogP contribution >= 0.6 is 12.4 Å². The molecular weight excluding hydrogens is 262 g/mol. The van der Waals surface area contributed by atoms with E-state index in [0.717, 1.165) is 34.4 Å². The van der Waals surface area contributed by atoms with Crippen LogP contribution in [0.2, 0.25) is 0 Å². The summed E-state index contributed by atoms with van der Waals surface area (Å²) in [4.78, 5) is 8.61. The molecule has 19 heavy (non-hydrogen) atoms. The fourth-order valence-electron chi connectivity index (χ4n) is 2.35. The number of halogens is 1.